The van der Waals surface area contributed by atoms with Crippen LogP contribution in [0, 0.1) is 0 Å². The van der Waals surface area contributed by atoms with Gasteiger partial charge in [-0.1, -0.05) is 66.7 Å². The van der Waals surface area contributed by atoms with E-state index in [4.69, 9.17) is 9.47 Å². The molecule has 0 aliphatic rings. The summed E-state index contributed by atoms with van der Waals surface area (Å²) in [6.45, 7) is 1.22. The third-order valence-corrected chi connectivity index (χ3v) is 5.38. The van der Waals surface area contributed by atoms with Crippen LogP contribution in [-0.2, 0) is 11.3 Å². The second-order valence-corrected chi connectivity index (χ2v) is 8.16. The molecule has 0 bridgehead atoms. The molecule has 7 nitrogen and oxygen atoms in total. The van der Waals surface area contributed by atoms with E-state index in [0.29, 0.717) is 42.4 Å². The van der Waals surface area contributed by atoms with E-state index in [1.807, 2.05) is 84.9 Å². The molecule has 0 saturated heterocycles. The van der Waals surface area contributed by atoms with E-state index in [-0.39, 0.29) is 18.4 Å². The first-order valence-electron chi connectivity index (χ1n) is 12.0. The zero-order chi connectivity index (χ0) is 25.7. The Balaban J connectivity index is 1.24. The summed E-state index contributed by atoms with van der Waals surface area (Å²) in [5, 5.41) is 8.83. The Labute approximate surface area is 216 Å². The average Bonchev–Trinajstić information content (AvgIpc) is 2.94. The Kier molecular flexibility index (Phi) is 9.13. The van der Waals surface area contributed by atoms with Gasteiger partial charge in [0.25, 0.3) is 5.91 Å². The second kappa shape index (κ2) is 13.3. The van der Waals surface area contributed by atoms with Gasteiger partial charge in [0.1, 0.15) is 24.7 Å². The summed E-state index contributed by atoms with van der Waals surface area (Å²) in [5.74, 6) is 0.959. The van der Waals surface area contributed by atoms with Gasteiger partial charge in [-0.3, -0.25) is 9.59 Å². The molecule has 3 N–H and O–H groups in total. The molecule has 7 heteroatoms. The quantitative estimate of drug-likeness (QED) is 0.237. The molecule has 4 aromatic rings. The van der Waals surface area contributed by atoms with Crippen molar-refractivity contribution in [1.82, 2.24) is 5.32 Å². The van der Waals surface area contributed by atoms with Crippen molar-refractivity contribution in [3.8, 4) is 11.5 Å². The van der Waals surface area contributed by atoms with Gasteiger partial charge in [-0.15, -0.1) is 0 Å². The molecule has 0 spiro atoms. The molecule has 0 fully saturated rings. The minimum absolute atomic E-state index is 0.0331. The largest absolute Gasteiger partial charge is 0.490 e. The van der Waals surface area contributed by atoms with Crippen molar-refractivity contribution in [2.75, 3.05) is 30.4 Å². The highest BCUT2D eigenvalue weighted by Gasteiger charge is 2.09. The first-order valence-corrected chi connectivity index (χ1v) is 12.0. The molecule has 0 aromatic heterocycles. The van der Waals surface area contributed by atoms with Crippen LogP contribution in [0.1, 0.15) is 15.9 Å². The van der Waals surface area contributed by atoms with Crippen LogP contribution in [-0.4, -0.2) is 31.6 Å². The summed E-state index contributed by atoms with van der Waals surface area (Å²) in [7, 11) is 0. The number of nitrogens with one attached hydrogen (secondary N) is 3. The van der Waals surface area contributed by atoms with Crippen LogP contribution < -0.4 is 25.4 Å². The fraction of sp³-hybridized carbons (Fsp3) is 0.133. The number of anilines is 2. The predicted octanol–water partition coefficient (Wildman–Crippen LogP) is 5.13. The van der Waals surface area contributed by atoms with Crippen molar-refractivity contribution in [3.05, 3.63) is 120 Å². The van der Waals surface area contributed by atoms with Gasteiger partial charge in [-0.25, -0.2) is 0 Å². The van der Waals surface area contributed by atoms with E-state index in [9.17, 15) is 9.59 Å². The van der Waals surface area contributed by atoms with Crippen molar-refractivity contribution < 1.29 is 19.1 Å². The molecular weight excluding hydrogens is 466 g/mol. The molecular formula is C30H29N3O4. The van der Waals surface area contributed by atoms with Crippen molar-refractivity contribution in [1.29, 1.82) is 0 Å². The summed E-state index contributed by atoms with van der Waals surface area (Å²) < 4.78 is 11.5. The smallest absolute Gasteiger partial charge is 0.251 e. The normalized spacial score (nSPS) is 10.3. The topological polar surface area (TPSA) is 88.7 Å². The Hall–Kier alpha value is -4.78. The van der Waals surface area contributed by atoms with E-state index in [1.54, 1.807) is 24.3 Å². The number of para-hydroxylation sites is 3. The van der Waals surface area contributed by atoms with Crippen LogP contribution in [0.5, 0.6) is 11.5 Å². The summed E-state index contributed by atoms with van der Waals surface area (Å²) in [6.07, 6.45) is 0. The SMILES string of the molecule is O=C(CNc1ccccc1OCCOc1ccccc1)Nc1cccc(C(=O)NCc2ccccc2)c1. The number of benzene rings is 4. The molecule has 2 amide bonds. The molecule has 0 unspecified atom stereocenters. The predicted molar refractivity (Wildman–Crippen MR) is 145 cm³/mol. The number of hydrogen-bond acceptors (Lipinski definition) is 5. The number of carbonyl (C=O) groups is 2. The minimum Gasteiger partial charge on any atom is -0.490 e. The third-order valence-electron chi connectivity index (χ3n) is 5.38. The Bertz CT molecular complexity index is 1300. The molecule has 0 atom stereocenters. The number of carbonyl (C=O) groups excluding carboxylic acids is 2. The minimum atomic E-state index is -0.246. The van der Waals surface area contributed by atoms with Gasteiger partial charge in [-0.05, 0) is 48.0 Å². The lowest BCUT2D eigenvalue weighted by Gasteiger charge is -2.14. The van der Waals surface area contributed by atoms with Gasteiger partial charge in [0, 0.05) is 17.8 Å². The third kappa shape index (κ3) is 8.14. The summed E-state index contributed by atoms with van der Waals surface area (Å²) >= 11 is 0. The standard InChI is InChI=1S/C30H29N3O4/c34-29(33-25-13-9-12-24(20-25)30(35)32-21-23-10-3-1-4-11-23)22-31-27-16-7-8-17-28(27)37-19-18-36-26-14-5-2-6-15-26/h1-17,20,31H,18-19,21-22H2,(H,32,35)(H,33,34). The summed E-state index contributed by atoms with van der Waals surface area (Å²) in [6, 6.07) is 33.5. The number of hydrogen-bond donors (Lipinski definition) is 3. The van der Waals surface area contributed by atoms with Gasteiger partial charge in [-0.2, -0.15) is 0 Å². The Morgan fingerprint density at radius 2 is 1.41 bits per heavy atom. The maximum absolute atomic E-state index is 12.6. The first-order chi connectivity index (χ1) is 18.2. The number of amides is 2. The van der Waals surface area contributed by atoms with E-state index >= 15 is 0 Å². The van der Waals surface area contributed by atoms with Crippen LogP contribution >= 0.6 is 0 Å². The fourth-order valence-electron chi connectivity index (χ4n) is 3.57. The van der Waals surface area contributed by atoms with Crippen LogP contribution in [0.25, 0.3) is 0 Å². The van der Waals surface area contributed by atoms with Gasteiger partial charge in [0.05, 0.1) is 12.2 Å². The number of rotatable bonds is 12. The van der Waals surface area contributed by atoms with Crippen LogP contribution in [0.4, 0.5) is 11.4 Å². The average molecular weight is 496 g/mol. The van der Waals surface area contributed by atoms with Crippen LogP contribution in [0.3, 0.4) is 0 Å². The molecule has 0 radical (unpaired) electrons. The Morgan fingerprint density at radius 1 is 0.703 bits per heavy atom. The molecule has 0 heterocycles. The lowest BCUT2D eigenvalue weighted by molar-refractivity contribution is -0.114. The van der Waals surface area contributed by atoms with Gasteiger partial charge in [0.15, 0.2) is 0 Å². The van der Waals surface area contributed by atoms with E-state index in [1.165, 1.54) is 0 Å². The monoisotopic (exact) mass is 495 g/mol. The fourth-order valence-corrected chi connectivity index (χ4v) is 3.57. The maximum atomic E-state index is 12.6. The maximum Gasteiger partial charge on any atom is 0.251 e. The van der Waals surface area contributed by atoms with Gasteiger partial charge >= 0.3 is 0 Å². The first kappa shape index (κ1) is 25.3. The lowest BCUT2D eigenvalue weighted by Crippen LogP contribution is -2.24. The van der Waals surface area contributed by atoms with Crippen molar-refractivity contribution >= 4 is 23.2 Å². The van der Waals surface area contributed by atoms with E-state index < -0.39 is 0 Å². The number of ether oxygens (including phenoxy) is 2. The zero-order valence-corrected chi connectivity index (χ0v) is 20.4. The van der Waals surface area contributed by atoms with E-state index in [2.05, 4.69) is 16.0 Å². The highest BCUT2D eigenvalue weighted by molar-refractivity contribution is 5.98. The van der Waals surface area contributed by atoms with Crippen LogP contribution in [0.15, 0.2) is 109 Å². The van der Waals surface area contributed by atoms with Crippen molar-refractivity contribution in [3.63, 3.8) is 0 Å². The Morgan fingerprint density at radius 3 is 2.22 bits per heavy atom. The molecule has 37 heavy (non-hydrogen) atoms. The highest BCUT2D eigenvalue weighted by atomic mass is 16.5. The zero-order valence-electron chi connectivity index (χ0n) is 20.4. The molecule has 0 aliphatic heterocycles. The molecule has 0 saturated carbocycles. The molecule has 188 valence electrons. The van der Waals surface area contributed by atoms with Crippen molar-refractivity contribution in [2.45, 2.75) is 6.54 Å². The van der Waals surface area contributed by atoms with Crippen molar-refractivity contribution in [2.24, 2.45) is 0 Å². The summed E-state index contributed by atoms with van der Waals surface area (Å²) in [4.78, 5) is 25.1. The molecule has 4 rings (SSSR count). The lowest BCUT2D eigenvalue weighted by atomic mass is 10.1. The molecule has 4 aromatic carbocycles. The second-order valence-electron chi connectivity index (χ2n) is 8.16. The van der Waals surface area contributed by atoms with E-state index in [0.717, 1.165) is 11.3 Å². The van der Waals surface area contributed by atoms with Gasteiger partial charge in [0.2, 0.25) is 5.91 Å². The highest BCUT2D eigenvalue weighted by Crippen LogP contribution is 2.23. The van der Waals surface area contributed by atoms with Gasteiger partial charge < -0.3 is 25.4 Å². The van der Waals surface area contributed by atoms with Crippen LogP contribution in [0.2, 0.25) is 0 Å². The summed E-state index contributed by atoms with van der Waals surface area (Å²) in [5.41, 5.74) is 2.73. The molecule has 0 aliphatic carbocycles.